The highest BCUT2D eigenvalue weighted by Crippen LogP contribution is 2.34. The Morgan fingerprint density at radius 1 is 1.05 bits per heavy atom. The molecule has 2 unspecified atom stereocenters. The molecule has 3 N–H and O–H groups in total. The smallest absolute Gasteiger partial charge is 0.231 e. The molecule has 3 rings (SSSR count). The molecule has 0 aliphatic carbocycles. The molecule has 0 aromatic heterocycles. The zero-order chi connectivity index (χ0) is 13.9. The van der Waals surface area contributed by atoms with Crippen molar-refractivity contribution in [2.75, 3.05) is 6.79 Å². The molecule has 1 aliphatic heterocycles. The molecular formula is C16H17NO3. The molecule has 0 saturated heterocycles. The third-order valence-corrected chi connectivity index (χ3v) is 3.46. The van der Waals surface area contributed by atoms with Gasteiger partial charge in [0.2, 0.25) is 6.79 Å². The molecular weight excluding hydrogens is 254 g/mol. The zero-order valence-electron chi connectivity index (χ0n) is 11.0. The van der Waals surface area contributed by atoms with Crippen LogP contribution in [0.15, 0.2) is 48.5 Å². The van der Waals surface area contributed by atoms with Crippen LogP contribution in [0.5, 0.6) is 11.5 Å². The maximum Gasteiger partial charge on any atom is 0.231 e. The molecule has 0 amide bonds. The van der Waals surface area contributed by atoms with E-state index in [0.717, 1.165) is 11.1 Å². The van der Waals surface area contributed by atoms with Gasteiger partial charge in [0, 0.05) is 6.04 Å². The summed E-state index contributed by atoms with van der Waals surface area (Å²) in [7, 11) is 0. The van der Waals surface area contributed by atoms with E-state index in [1.165, 1.54) is 0 Å². The first-order valence-corrected chi connectivity index (χ1v) is 6.61. The molecule has 4 heteroatoms. The Labute approximate surface area is 117 Å². The van der Waals surface area contributed by atoms with E-state index in [1.54, 1.807) is 12.1 Å². The first-order chi connectivity index (χ1) is 9.74. The van der Waals surface area contributed by atoms with Crippen LogP contribution in [0.3, 0.4) is 0 Å². The monoisotopic (exact) mass is 271 g/mol. The standard InChI is InChI=1S/C16H17NO3/c17-13(8-11-4-2-1-3-5-11)16(18)12-6-7-14-15(9-12)20-10-19-14/h1-7,9,13,16,18H,8,10,17H2. The van der Waals surface area contributed by atoms with Gasteiger partial charge < -0.3 is 20.3 Å². The average Bonchev–Trinajstić information content (AvgIpc) is 2.94. The lowest BCUT2D eigenvalue weighted by atomic mass is 9.96. The van der Waals surface area contributed by atoms with Gasteiger partial charge in [0.05, 0.1) is 6.10 Å². The van der Waals surface area contributed by atoms with Crippen molar-refractivity contribution in [1.29, 1.82) is 0 Å². The minimum Gasteiger partial charge on any atom is -0.454 e. The molecule has 1 aliphatic rings. The summed E-state index contributed by atoms with van der Waals surface area (Å²) in [5.41, 5.74) is 7.96. The van der Waals surface area contributed by atoms with Crippen LogP contribution >= 0.6 is 0 Å². The second-order valence-corrected chi connectivity index (χ2v) is 4.91. The maximum absolute atomic E-state index is 10.4. The van der Waals surface area contributed by atoms with Crippen LogP contribution in [-0.2, 0) is 6.42 Å². The second-order valence-electron chi connectivity index (χ2n) is 4.91. The lowest BCUT2D eigenvalue weighted by Gasteiger charge is -2.19. The van der Waals surface area contributed by atoms with Crippen molar-refractivity contribution in [2.24, 2.45) is 5.73 Å². The van der Waals surface area contributed by atoms with Crippen LogP contribution in [0.1, 0.15) is 17.2 Å². The number of hydrogen-bond acceptors (Lipinski definition) is 4. The predicted molar refractivity (Wildman–Crippen MR) is 75.6 cm³/mol. The van der Waals surface area contributed by atoms with Crippen molar-refractivity contribution < 1.29 is 14.6 Å². The number of ether oxygens (including phenoxy) is 2. The normalized spacial score (nSPS) is 15.9. The fourth-order valence-electron chi connectivity index (χ4n) is 2.34. The van der Waals surface area contributed by atoms with Gasteiger partial charge in [0.1, 0.15) is 0 Å². The van der Waals surface area contributed by atoms with Gasteiger partial charge in [-0.3, -0.25) is 0 Å². The number of aliphatic hydroxyl groups excluding tert-OH is 1. The number of benzene rings is 2. The quantitative estimate of drug-likeness (QED) is 0.893. The molecule has 0 bridgehead atoms. The van der Waals surface area contributed by atoms with Crippen LogP contribution in [0.4, 0.5) is 0 Å². The molecule has 2 aromatic rings. The molecule has 2 aromatic carbocycles. The van der Waals surface area contributed by atoms with Gasteiger partial charge in [0.25, 0.3) is 0 Å². The lowest BCUT2D eigenvalue weighted by molar-refractivity contribution is 0.145. The SMILES string of the molecule is NC(Cc1ccccc1)C(O)c1ccc2c(c1)OCO2. The van der Waals surface area contributed by atoms with Crippen molar-refractivity contribution in [1.82, 2.24) is 0 Å². The summed E-state index contributed by atoms with van der Waals surface area (Å²) in [6, 6.07) is 15.0. The van der Waals surface area contributed by atoms with Crippen molar-refractivity contribution in [3.05, 3.63) is 59.7 Å². The predicted octanol–water partition coefficient (Wildman–Crippen LogP) is 2.02. The lowest BCUT2D eigenvalue weighted by Crippen LogP contribution is -2.30. The van der Waals surface area contributed by atoms with Crippen molar-refractivity contribution in [3.63, 3.8) is 0 Å². The molecule has 0 fully saturated rings. The van der Waals surface area contributed by atoms with Crippen molar-refractivity contribution in [3.8, 4) is 11.5 Å². The summed E-state index contributed by atoms with van der Waals surface area (Å²) in [6.07, 6.45) is -0.110. The highest BCUT2D eigenvalue weighted by Gasteiger charge is 2.21. The first-order valence-electron chi connectivity index (χ1n) is 6.61. The highest BCUT2D eigenvalue weighted by atomic mass is 16.7. The Balaban J connectivity index is 1.73. The topological polar surface area (TPSA) is 64.7 Å². The molecule has 0 saturated carbocycles. The van der Waals surface area contributed by atoms with Crippen LogP contribution in [0.2, 0.25) is 0 Å². The fourth-order valence-corrected chi connectivity index (χ4v) is 2.34. The average molecular weight is 271 g/mol. The van der Waals surface area contributed by atoms with Gasteiger partial charge >= 0.3 is 0 Å². The molecule has 1 heterocycles. The van der Waals surface area contributed by atoms with Gasteiger partial charge in [-0.25, -0.2) is 0 Å². The van der Waals surface area contributed by atoms with Crippen LogP contribution in [0, 0.1) is 0 Å². The van der Waals surface area contributed by atoms with Gasteiger partial charge in [-0.1, -0.05) is 36.4 Å². The van der Waals surface area contributed by atoms with E-state index in [-0.39, 0.29) is 12.8 Å². The molecule has 20 heavy (non-hydrogen) atoms. The van der Waals surface area contributed by atoms with E-state index in [4.69, 9.17) is 15.2 Å². The Kier molecular flexibility index (Phi) is 3.58. The summed E-state index contributed by atoms with van der Waals surface area (Å²) in [4.78, 5) is 0. The number of nitrogens with two attached hydrogens (primary N) is 1. The van der Waals surface area contributed by atoms with Gasteiger partial charge in [-0.05, 0) is 29.7 Å². The summed E-state index contributed by atoms with van der Waals surface area (Å²) in [5, 5.41) is 10.4. The number of hydrogen-bond donors (Lipinski definition) is 2. The molecule has 4 nitrogen and oxygen atoms in total. The molecule has 104 valence electrons. The summed E-state index contributed by atoms with van der Waals surface area (Å²) >= 11 is 0. The third kappa shape index (κ3) is 2.61. The van der Waals surface area contributed by atoms with Gasteiger partial charge in [-0.15, -0.1) is 0 Å². The van der Waals surface area contributed by atoms with Crippen LogP contribution in [0.25, 0.3) is 0 Å². The Morgan fingerprint density at radius 2 is 1.80 bits per heavy atom. The molecule has 0 radical (unpaired) electrons. The zero-order valence-corrected chi connectivity index (χ0v) is 11.0. The Morgan fingerprint density at radius 3 is 2.60 bits per heavy atom. The van der Waals surface area contributed by atoms with E-state index in [2.05, 4.69) is 0 Å². The van der Waals surface area contributed by atoms with Gasteiger partial charge in [-0.2, -0.15) is 0 Å². The number of rotatable bonds is 4. The summed E-state index contributed by atoms with van der Waals surface area (Å²) in [6.45, 7) is 0.227. The molecule has 0 spiro atoms. The first kappa shape index (κ1) is 13.0. The third-order valence-electron chi connectivity index (χ3n) is 3.46. The minimum absolute atomic E-state index is 0.227. The fraction of sp³-hybridized carbons (Fsp3) is 0.250. The summed E-state index contributed by atoms with van der Waals surface area (Å²) < 4.78 is 10.6. The van der Waals surface area contributed by atoms with E-state index in [1.807, 2.05) is 36.4 Å². The maximum atomic E-state index is 10.4. The summed E-state index contributed by atoms with van der Waals surface area (Å²) in [5.74, 6) is 1.37. The molecule has 2 atom stereocenters. The van der Waals surface area contributed by atoms with Gasteiger partial charge in [0.15, 0.2) is 11.5 Å². The van der Waals surface area contributed by atoms with Crippen molar-refractivity contribution in [2.45, 2.75) is 18.6 Å². The largest absolute Gasteiger partial charge is 0.454 e. The highest BCUT2D eigenvalue weighted by molar-refractivity contribution is 5.45. The van der Waals surface area contributed by atoms with Crippen LogP contribution < -0.4 is 15.2 Å². The Bertz CT molecular complexity index is 586. The van der Waals surface area contributed by atoms with E-state index in [9.17, 15) is 5.11 Å². The van der Waals surface area contributed by atoms with Crippen LogP contribution in [-0.4, -0.2) is 17.9 Å². The van der Waals surface area contributed by atoms with E-state index < -0.39 is 6.10 Å². The van der Waals surface area contributed by atoms with E-state index >= 15 is 0 Å². The van der Waals surface area contributed by atoms with E-state index in [0.29, 0.717) is 17.9 Å². The number of aliphatic hydroxyl groups is 1. The second kappa shape index (κ2) is 5.53. The van der Waals surface area contributed by atoms with Crippen molar-refractivity contribution >= 4 is 0 Å². The Hall–Kier alpha value is -2.04. The number of fused-ring (bicyclic) bond motifs is 1. The minimum atomic E-state index is -0.732.